The minimum absolute atomic E-state index is 0.217. The van der Waals surface area contributed by atoms with Gasteiger partial charge in [-0.1, -0.05) is 13.8 Å². The van der Waals surface area contributed by atoms with E-state index in [4.69, 9.17) is 0 Å². The van der Waals surface area contributed by atoms with Crippen LogP contribution in [0.2, 0.25) is 0 Å². The summed E-state index contributed by atoms with van der Waals surface area (Å²) in [6.45, 7) is 14.9. The van der Waals surface area contributed by atoms with Gasteiger partial charge in [-0.2, -0.15) is 11.8 Å². The van der Waals surface area contributed by atoms with Crippen molar-refractivity contribution in [3.05, 3.63) is 0 Å². The van der Waals surface area contributed by atoms with E-state index in [1.807, 2.05) is 11.8 Å². The average Bonchev–Trinajstić information content (AvgIpc) is 2.23. The van der Waals surface area contributed by atoms with E-state index < -0.39 is 0 Å². The molecule has 0 fully saturated rings. The van der Waals surface area contributed by atoms with Gasteiger partial charge in [-0.15, -0.1) is 0 Å². The van der Waals surface area contributed by atoms with Gasteiger partial charge < -0.3 is 10.2 Å². The molecule has 0 rings (SSSR count). The van der Waals surface area contributed by atoms with Crippen LogP contribution in [-0.4, -0.2) is 49.1 Å². The first-order valence-electron chi connectivity index (χ1n) is 6.65. The Kier molecular flexibility index (Phi) is 7.77. The minimum Gasteiger partial charge on any atom is -0.311 e. The fraction of sp³-hybridized carbons (Fsp3) is 1.00. The van der Waals surface area contributed by atoms with Gasteiger partial charge in [0.05, 0.1) is 0 Å². The summed E-state index contributed by atoms with van der Waals surface area (Å²) in [6, 6.07) is 0. The van der Waals surface area contributed by atoms with Crippen LogP contribution in [0.1, 0.15) is 41.0 Å². The largest absolute Gasteiger partial charge is 0.311 e. The molecule has 0 saturated carbocycles. The molecular formula is C14H32N2S. The standard InChI is InChI=1S/C14H32N2S/c1-8-14(5,11-15-13(2,3)4)12-16(6)9-10-17-7/h15H,8-12H2,1-7H3. The van der Waals surface area contributed by atoms with Gasteiger partial charge in [0.1, 0.15) is 0 Å². The van der Waals surface area contributed by atoms with E-state index in [-0.39, 0.29) is 5.54 Å². The Morgan fingerprint density at radius 1 is 1.18 bits per heavy atom. The highest BCUT2D eigenvalue weighted by Crippen LogP contribution is 2.22. The van der Waals surface area contributed by atoms with Crippen molar-refractivity contribution in [1.82, 2.24) is 10.2 Å². The van der Waals surface area contributed by atoms with Gasteiger partial charge in [0.15, 0.2) is 0 Å². The minimum atomic E-state index is 0.217. The number of rotatable bonds is 8. The lowest BCUT2D eigenvalue weighted by molar-refractivity contribution is 0.174. The van der Waals surface area contributed by atoms with Gasteiger partial charge >= 0.3 is 0 Å². The van der Waals surface area contributed by atoms with Crippen LogP contribution in [0.3, 0.4) is 0 Å². The lowest BCUT2D eigenvalue weighted by atomic mass is 9.86. The maximum absolute atomic E-state index is 3.64. The molecule has 0 aliphatic carbocycles. The Morgan fingerprint density at radius 2 is 1.76 bits per heavy atom. The SMILES string of the molecule is CCC(C)(CNC(C)(C)C)CN(C)CCSC. The molecule has 0 aromatic rings. The number of nitrogens with zero attached hydrogens (tertiary/aromatic N) is 1. The number of thioether (sulfide) groups is 1. The molecule has 17 heavy (non-hydrogen) atoms. The maximum Gasteiger partial charge on any atom is 0.00967 e. The lowest BCUT2D eigenvalue weighted by Crippen LogP contribution is -2.47. The van der Waals surface area contributed by atoms with Crippen LogP contribution in [0.5, 0.6) is 0 Å². The molecule has 0 spiro atoms. The number of hydrogen-bond donors (Lipinski definition) is 1. The summed E-state index contributed by atoms with van der Waals surface area (Å²) >= 11 is 1.92. The van der Waals surface area contributed by atoms with Gasteiger partial charge in [0.2, 0.25) is 0 Å². The molecule has 1 atom stereocenters. The van der Waals surface area contributed by atoms with Crippen molar-refractivity contribution in [2.24, 2.45) is 5.41 Å². The zero-order chi connectivity index (χ0) is 13.5. The summed E-state index contributed by atoms with van der Waals surface area (Å²) in [4.78, 5) is 2.46. The third-order valence-electron chi connectivity index (χ3n) is 3.23. The molecule has 0 aliphatic heterocycles. The zero-order valence-corrected chi connectivity index (χ0v) is 13.7. The monoisotopic (exact) mass is 260 g/mol. The van der Waals surface area contributed by atoms with Gasteiger partial charge in [-0.05, 0) is 45.9 Å². The first-order chi connectivity index (χ1) is 7.72. The first kappa shape index (κ1) is 17.3. The van der Waals surface area contributed by atoms with Crippen molar-refractivity contribution in [1.29, 1.82) is 0 Å². The molecule has 0 saturated heterocycles. The molecule has 0 amide bonds. The summed E-state index contributed by atoms with van der Waals surface area (Å²) in [6.07, 6.45) is 3.40. The van der Waals surface area contributed by atoms with Gasteiger partial charge in [0, 0.05) is 30.9 Å². The van der Waals surface area contributed by atoms with Crippen molar-refractivity contribution >= 4 is 11.8 Å². The van der Waals surface area contributed by atoms with Crippen molar-refractivity contribution in [3.63, 3.8) is 0 Å². The van der Waals surface area contributed by atoms with E-state index >= 15 is 0 Å². The molecule has 104 valence electrons. The second-order valence-electron chi connectivity index (χ2n) is 6.50. The first-order valence-corrected chi connectivity index (χ1v) is 8.04. The topological polar surface area (TPSA) is 15.3 Å². The van der Waals surface area contributed by atoms with Crippen LogP contribution < -0.4 is 5.32 Å². The highest BCUT2D eigenvalue weighted by molar-refractivity contribution is 7.98. The Hall–Kier alpha value is 0.270. The number of nitrogens with one attached hydrogen (secondary N) is 1. The predicted octanol–water partition coefficient (Wildman–Crippen LogP) is 3.09. The Morgan fingerprint density at radius 3 is 2.18 bits per heavy atom. The van der Waals surface area contributed by atoms with Crippen LogP contribution in [0.15, 0.2) is 0 Å². The summed E-state index contributed by atoms with van der Waals surface area (Å²) in [5.41, 5.74) is 0.592. The molecule has 2 nitrogen and oxygen atoms in total. The second kappa shape index (κ2) is 7.65. The predicted molar refractivity (Wildman–Crippen MR) is 82.0 cm³/mol. The fourth-order valence-corrected chi connectivity index (χ4v) is 2.24. The molecule has 1 unspecified atom stereocenters. The van der Waals surface area contributed by atoms with Crippen LogP contribution in [-0.2, 0) is 0 Å². The lowest BCUT2D eigenvalue weighted by Gasteiger charge is -2.36. The van der Waals surface area contributed by atoms with Crippen molar-refractivity contribution < 1.29 is 0 Å². The molecular weight excluding hydrogens is 228 g/mol. The van der Waals surface area contributed by atoms with Crippen molar-refractivity contribution in [3.8, 4) is 0 Å². The van der Waals surface area contributed by atoms with Crippen molar-refractivity contribution in [2.45, 2.75) is 46.6 Å². The summed E-state index contributed by atoms with van der Waals surface area (Å²) in [5.74, 6) is 1.23. The molecule has 0 bridgehead atoms. The molecule has 0 aromatic carbocycles. The smallest absolute Gasteiger partial charge is 0.00967 e. The molecule has 1 N–H and O–H groups in total. The number of hydrogen-bond acceptors (Lipinski definition) is 3. The Bertz CT molecular complexity index is 201. The molecule has 3 heteroatoms. The van der Waals surface area contributed by atoms with Crippen molar-refractivity contribution in [2.75, 3.05) is 38.7 Å². The molecule has 0 aliphatic rings. The molecule has 0 radical (unpaired) electrons. The van der Waals surface area contributed by atoms with E-state index in [1.54, 1.807) is 0 Å². The van der Waals surface area contributed by atoms with Crippen LogP contribution in [0.25, 0.3) is 0 Å². The fourth-order valence-electron chi connectivity index (χ4n) is 1.75. The summed E-state index contributed by atoms with van der Waals surface area (Å²) < 4.78 is 0. The van der Waals surface area contributed by atoms with E-state index in [0.717, 1.165) is 6.54 Å². The van der Waals surface area contributed by atoms with E-state index in [9.17, 15) is 0 Å². The average molecular weight is 260 g/mol. The molecule has 0 heterocycles. The van der Waals surface area contributed by atoms with E-state index in [0.29, 0.717) is 5.41 Å². The zero-order valence-electron chi connectivity index (χ0n) is 12.9. The molecule has 0 aromatic heterocycles. The third kappa shape index (κ3) is 8.92. The van der Waals surface area contributed by atoms with Gasteiger partial charge in [-0.25, -0.2) is 0 Å². The highest BCUT2D eigenvalue weighted by Gasteiger charge is 2.25. The summed E-state index contributed by atoms with van der Waals surface area (Å²) in [7, 11) is 2.24. The van der Waals surface area contributed by atoms with Gasteiger partial charge in [0.25, 0.3) is 0 Å². The summed E-state index contributed by atoms with van der Waals surface area (Å²) in [5, 5.41) is 3.64. The van der Waals surface area contributed by atoms with Gasteiger partial charge in [-0.3, -0.25) is 0 Å². The van der Waals surface area contributed by atoms with E-state index in [2.05, 4.69) is 58.1 Å². The van der Waals surface area contributed by atoms with Crippen LogP contribution in [0, 0.1) is 5.41 Å². The maximum atomic E-state index is 3.64. The Labute approximate surface area is 113 Å². The third-order valence-corrected chi connectivity index (χ3v) is 3.82. The Balaban J connectivity index is 4.17. The van der Waals surface area contributed by atoms with Crippen LogP contribution >= 0.6 is 11.8 Å². The van der Waals surface area contributed by atoms with Crippen LogP contribution in [0.4, 0.5) is 0 Å². The van der Waals surface area contributed by atoms with E-state index in [1.165, 1.54) is 25.3 Å². The second-order valence-corrected chi connectivity index (χ2v) is 7.48. The highest BCUT2D eigenvalue weighted by atomic mass is 32.2. The normalized spacial score (nSPS) is 16.2. The quantitative estimate of drug-likeness (QED) is 0.722.